The normalized spacial score (nSPS) is 16.7. The molecule has 0 spiro atoms. The summed E-state index contributed by atoms with van der Waals surface area (Å²) < 4.78 is 10.6. The molecule has 1 aromatic rings. The van der Waals surface area contributed by atoms with Gasteiger partial charge in [0.2, 0.25) is 5.91 Å². The van der Waals surface area contributed by atoms with Crippen LogP contribution in [0.2, 0.25) is 0 Å². The van der Waals surface area contributed by atoms with Gasteiger partial charge in [0.05, 0.1) is 14.2 Å². The molecule has 1 saturated heterocycles. The molecule has 25 heavy (non-hydrogen) atoms. The fourth-order valence-electron chi connectivity index (χ4n) is 2.86. The average molecular weight is 384 g/mol. The van der Waals surface area contributed by atoms with Crippen LogP contribution in [0, 0.1) is 0 Å². The average Bonchev–Trinajstić information content (AvgIpc) is 3.16. The third-order valence-electron chi connectivity index (χ3n) is 4.50. The molecule has 1 fully saturated rings. The Kier molecular flexibility index (Phi) is 8.82. The van der Waals surface area contributed by atoms with Crippen LogP contribution >= 0.6 is 21.6 Å². The Hall–Kier alpha value is -1.01. The Balaban J connectivity index is 1.68. The predicted octanol–water partition coefficient (Wildman–Crippen LogP) is 4.42. The van der Waals surface area contributed by atoms with Crippen molar-refractivity contribution < 1.29 is 14.3 Å². The van der Waals surface area contributed by atoms with E-state index in [1.165, 1.54) is 18.6 Å². The topological polar surface area (TPSA) is 38.8 Å². The summed E-state index contributed by atoms with van der Waals surface area (Å²) in [5.41, 5.74) is 1.15. The van der Waals surface area contributed by atoms with Gasteiger partial charge in [-0.15, -0.1) is 0 Å². The number of rotatable bonds is 10. The summed E-state index contributed by atoms with van der Waals surface area (Å²) in [6.07, 6.45) is 6.22. The molecule has 1 aromatic carbocycles. The van der Waals surface area contributed by atoms with E-state index in [4.69, 9.17) is 9.47 Å². The molecule has 1 aliphatic heterocycles. The number of unbranched alkanes of at least 4 members (excludes halogenated alkanes) is 1. The first-order valence-corrected chi connectivity index (χ1v) is 11.3. The van der Waals surface area contributed by atoms with Crippen molar-refractivity contribution in [2.45, 2.75) is 43.8 Å². The molecule has 0 N–H and O–H groups in total. The second kappa shape index (κ2) is 10.9. The molecule has 1 heterocycles. The zero-order valence-electron chi connectivity index (χ0n) is 15.5. The summed E-state index contributed by atoms with van der Waals surface area (Å²) in [6.45, 7) is 0.726. The molecule has 4 nitrogen and oxygen atoms in total. The van der Waals surface area contributed by atoms with Crippen molar-refractivity contribution in [1.29, 1.82) is 0 Å². The zero-order chi connectivity index (χ0) is 18.1. The fourth-order valence-corrected chi connectivity index (χ4v) is 5.89. The van der Waals surface area contributed by atoms with Crippen molar-refractivity contribution >= 4 is 27.5 Å². The minimum Gasteiger partial charge on any atom is -0.493 e. The number of hydrogen-bond donors (Lipinski definition) is 0. The molecule has 0 saturated carbocycles. The van der Waals surface area contributed by atoms with Gasteiger partial charge in [0.1, 0.15) is 0 Å². The number of carbonyl (C=O) groups excluding carboxylic acids is 1. The molecular weight excluding hydrogens is 354 g/mol. The Morgan fingerprint density at radius 2 is 2.04 bits per heavy atom. The van der Waals surface area contributed by atoms with Gasteiger partial charge in [-0.1, -0.05) is 34.1 Å². The van der Waals surface area contributed by atoms with Crippen molar-refractivity contribution in [2.24, 2.45) is 0 Å². The van der Waals surface area contributed by atoms with E-state index in [1.807, 2.05) is 51.7 Å². The van der Waals surface area contributed by atoms with Crippen molar-refractivity contribution in [1.82, 2.24) is 4.90 Å². The number of methoxy groups -OCH3 is 2. The standard InChI is InChI=1S/C19H29NO3S2/c1-20(19(21)7-5-4-6-16-11-13-24-25-16)12-10-15-8-9-17(22-2)18(14-15)23-3/h8-9,14,16H,4-7,10-13H2,1-3H3. The molecule has 0 aromatic heterocycles. The first-order valence-electron chi connectivity index (χ1n) is 8.87. The van der Waals surface area contributed by atoms with E-state index in [9.17, 15) is 4.79 Å². The van der Waals surface area contributed by atoms with Crippen LogP contribution < -0.4 is 9.47 Å². The van der Waals surface area contributed by atoms with Crippen LogP contribution in [-0.2, 0) is 11.2 Å². The number of ether oxygens (including phenoxy) is 2. The lowest BCUT2D eigenvalue weighted by Gasteiger charge is -2.18. The number of nitrogens with zero attached hydrogens (tertiary/aromatic N) is 1. The second-order valence-electron chi connectivity index (χ2n) is 6.33. The SMILES string of the molecule is COc1ccc(CCN(C)C(=O)CCCCC2CCSS2)cc1OC. The van der Waals surface area contributed by atoms with E-state index in [2.05, 4.69) is 0 Å². The Morgan fingerprint density at radius 3 is 2.72 bits per heavy atom. The number of hydrogen-bond acceptors (Lipinski definition) is 5. The molecule has 140 valence electrons. The van der Waals surface area contributed by atoms with Gasteiger partial charge in [-0.05, 0) is 43.4 Å². The van der Waals surface area contributed by atoms with Crippen LogP contribution in [-0.4, -0.2) is 49.6 Å². The van der Waals surface area contributed by atoms with Crippen LogP contribution in [0.25, 0.3) is 0 Å². The number of likely N-dealkylation sites (N-methyl/N-ethyl adjacent to an activating group) is 1. The van der Waals surface area contributed by atoms with Gasteiger partial charge in [0, 0.05) is 31.0 Å². The summed E-state index contributed by atoms with van der Waals surface area (Å²) in [7, 11) is 9.17. The van der Waals surface area contributed by atoms with Gasteiger partial charge < -0.3 is 14.4 Å². The Morgan fingerprint density at radius 1 is 1.24 bits per heavy atom. The van der Waals surface area contributed by atoms with E-state index in [0.717, 1.165) is 48.1 Å². The maximum Gasteiger partial charge on any atom is 0.222 e. The molecular formula is C19H29NO3S2. The molecule has 1 aliphatic rings. The number of amides is 1. The van der Waals surface area contributed by atoms with Crippen molar-refractivity contribution in [3.05, 3.63) is 23.8 Å². The van der Waals surface area contributed by atoms with E-state index >= 15 is 0 Å². The molecule has 6 heteroatoms. The van der Waals surface area contributed by atoms with E-state index in [0.29, 0.717) is 6.42 Å². The lowest BCUT2D eigenvalue weighted by Crippen LogP contribution is -2.28. The predicted molar refractivity (Wildman–Crippen MR) is 108 cm³/mol. The number of benzene rings is 1. The highest BCUT2D eigenvalue weighted by Gasteiger charge is 2.16. The minimum atomic E-state index is 0.244. The number of carbonyl (C=O) groups is 1. The maximum atomic E-state index is 12.3. The van der Waals surface area contributed by atoms with Crippen molar-refractivity contribution in [3.63, 3.8) is 0 Å². The smallest absolute Gasteiger partial charge is 0.222 e. The minimum absolute atomic E-state index is 0.244. The van der Waals surface area contributed by atoms with E-state index in [1.54, 1.807) is 14.2 Å². The van der Waals surface area contributed by atoms with E-state index < -0.39 is 0 Å². The highest BCUT2D eigenvalue weighted by Crippen LogP contribution is 2.39. The maximum absolute atomic E-state index is 12.3. The molecule has 1 amide bonds. The fraction of sp³-hybridized carbons (Fsp3) is 0.632. The van der Waals surface area contributed by atoms with Gasteiger partial charge in [-0.3, -0.25) is 4.79 Å². The van der Waals surface area contributed by atoms with Crippen LogP contribution in [0.3, 0.4) is 0 Å². The second-order valence-corrected chi connectivity index (χ2v) is 9.12. The van der Waals surface area contributed by atoms with Crippen molar-refractivity contribution in [3.8, 4) is 11.5 Å². The molecule has 1 unspecified atom stereocenters. The quantitative estimate of drug-likeness (QED) is 0.442. The summed E-state index contributed by atoms with van der Waals surface area (Å²) in [5, 5.41) is 0.808. The van der Waals surface area contributed by atoms with Crippen LogP contribution in [0.15, 0.2) is 18.2 Å². The summed E-state index contributed by atoms with van der Waals surface area (Å²) >= 11 is 0. The van der Waals surface area contributed by atoms with Gasteiger partial charge in [-0.2, -0.15) is 0 Å². The summed E-state index contributed by atoms with van der Waals surface area (Å²) in [6, 6.07) is 5.92. The monoisotopic (exact) mass is 383 g/mol. The third kappa shape index (κ3) is 6.66. The first kappa shape index (κ1) is 20.3. The molecule has 2 rings (SSSR count). The van der Waals surface area contributed by atoms with E-state index in [-0.39, 0.29) is 5.91 Å². The molecule has 1 atom stereocenters. The van der Waals surface area contributed by atoms with Gasteiger partial charge in [0.15, 0.2) is 11.5 Å². The van der Waals surface area contributed by atoms with Gasteiger partial charge >= 0.3 is 0 Å². The van der Waals surface area contributed by atoms with Crippen LogP contribution in [0.5, 0.6) is 11.5 Å². The van der Waals surface area contributed by atoms with Gasteiger partial charge in [-0.25, -0.2) is 0 Å². The molecule has 0 bridgehead atoms. The Labute approximate surface area is 159 Å². The highest BCUT2D eigenvalue weighted by atomic mass is 33.1. The van der Waals surface area contributed by atoms with Gasteiger partial charge in [0.25, 0.3) is 0 Å². The molecule has 0 radical (unpaired) electrons. The largest absolute Gasteiger partial charge is 0.493 e. The third-order valence-corrected chi connectivity index (χ3v) is 7.51. The summed E-state index contributed by atoms with van der Waals surface area (Å²) in [5.74, 6) is 2.99. The lowest BCUT2D eigenvalue weighted by molar-refractivity contribution is -0.130. The lowest BCUT2D eigenvalue weighted by atomic mass is 10.1. The molecule has 0 aliphatic carbocycles. The first-order chi connectivity index (χ1) is 12.1. The highest BCUT2D eigenvalue weighted by molar-refractivity contribution is 8.77. The Bertz CT molecular complexity index is 547. The van der Waals surface area contributed by atoms with Crippen molar-refractivity contribution in [2.75, 3.05) is 33.6 Å². The van der Waals surface area contributed by atoms with Crippen LogP contribution in [0.4, 0.5) is 0 Å². The summed E-state index contributed by atoms with van der Waals surface area (Å²) in [4.78, 5) is 14.1. The van der Waals surface area contributed by atoms with Crippen LogP contribution in [0.1, 0.15) is 37.7 Å². The zero-order valence-corrected chi connectivity index (χ0v) is 17.1.